The minimum absolute atomic E-state index is 0.332. The lowest BCUT2D eigenvalue weighted by atomic mass is 10.1. The Kier molecular flexibility index (Phi) is 5.86. The number of rotatable bonds is 8. The summed E-state index contributed by atoms with van der Waals surface area (Å²) in [7, 11) is 1.65. The Bertz CT molecular complexity index is 617. The van der Waals surface area contributed by atoms with Gasteiger partial charge in [-0.1, -0.05) is 36.4 Å². The molecule has 0 saturated carbocycles. The molecule has 128 valence electrons. The van der Waals surface area contributed by atoms with Gasteiger partial charge in [0.05, 0.1) is 26.4 Å². The van der Waals surface area contributed by atoms with Crippen LogP contribution in [0.3, 0.4) is 0 Å². The predicted molar refractivity (Wildman–Crippen MR) is 94.3 cm³/mol. The van der Waals surface area contributed by atoms with Crippen LogP contribution in [-0.4, -0.2) is 37.5 Å². The molecule has 3 rings (SSSR count). The van der Waals surface area contributed by atoms with E-state index in [1.807, 2.05) is 24.3 Å². The van der Waals surface area contributed by atoms with Gasteiger partial charge in [0, 0.05) is 12.6 Å². The summed E-state index contributed by atoms with van der Waals surface area (Å²) < 4.78 is 10.7. The van der Waals surface area contributed by atoms with Gasteiger partial charge in [-0.2, -0.15) is 0 Å². The SMILES string of the molecule is COc1ccc(COCC(O)CNC2Cc3ccccc3C2)cc1. The van der Waals surface area contributed by atoms with Gasteiger partial charge < -0.3 is 19.9 Å². The average molecular weight is 327 g/mol. The summed E-state index contributed by atoms with van der Waals surface area (Å²) in [6.45, 7) is 1.38. The third-order valence-corrected chi connectivity index (χ3v) is 4.43. The van der Waals surface area contributed by atoms with Crippen LogP contribution in [0, 0.1) is 0 Å². The van der Waals surface area contributed by atoms with Crippen molar-refractivity contribution in [3.63, 3.8) is 0 Å². The van der Waals surface area contributed by atoms with Crippen LogP contribution in [0.2, 0.25) is 0 Å². The Morgan fingerprint density at radius 3 is 2.38 bits per heavy atom. The van der Waals surface area contributed by atoms with E-state index in [0.717, 1.165) is 24.2 Å². The average Bonchev–Trinajstić information content (AvgIpc) is 3.03. The number of aliphatic hydroxyl groups excluding tert-OH is 1. The predicted octanol–water partition coefficient (Wildman–Crippen LogP) is 2.33. The lowest BCUT2D eigenvalue weighted by Gasteiger charge is -2.16. The van der Waals surface area contributed by atoms with Crippen LogP contribution < -0.4 is 10.1 Å². The molecule has 0 heterocycles. The summed E-state index contributed by atoms with van der Waals surface area (Å²) in [5.74, 6) is 0.834. The quantitative estimate of drug-likeness (QED) is 0.781. The van der Waals surface area contributed by atoms with Crippen LogP contribution in [0.25, 0.3) is 0 Å². The van der Waals surface area contributed by atoms with Gasteiger partial charge in [0.1, 0.15) is 5.75 Å². The molecule has 1 aliphatic carbocycles. The fourth-order valence-electron chi connectivity index (χ4n) is 3.10. The topological polar surface area (TPSA) is 50.7 Å². The first kappa shape index (κ1) is 17.0. The van der Waals surface area contributed by atoms with Gasteiger partial charge in [0.15, 0.2) is 0 Å². The highest BCUT2D eigenvalue weighted by Gasteiger charge is 2.20. The highest BCUT2D eigenvalue weighted by atomic mass is 16.5. The fourth-order valence-corrected chi connectivity index (χ4v) is 3.10. The molecule has 4 heteroatoms. The molecule has 0 spiro atoms. The maximum atomic E-state index is 10.1. The monoisotopic (exact) mass is 327 g/mol. The van der Waals surface area contributed by atoms with Crippen molar-refractivity contribution in [3.8, 4) is 5.75 Å². The molecule has 24 heavy (non-hydrogen) atoms. The Morgan fingerprint density at radius 1 is 1.08 bits per heavy atom. The smallest absolute Gasteiger partial charge is 0.118 e. The molecule has 2 aromatic carbocycles. The summed E-state index contributed by atoms with van der Waals surface area (Å²) in [4.78, 5) is 0. The fraction of sp³-hybridized carbons (Fsp3) is 0.400. The van der Waals surface area contributed by atoms with Gasteiger partial charge in [0.2, 0.25) is 0 Å². The Morgan fingerprint density at radius 2 is 1.75 bits per heavy atom. The number of nitrogens with one attached hydrogen (secondary N) is 1. The molecular weight excluding hydrogens is 302 g/mol. The van der Waals surface area contributed by atoms with Crippen LogP contribution in [0.15, 0.2) is 48.5 Å². The van der Waals surface area contributed by atoms with Crippen LogP contribution in [0.4, 0.5) is 0 Å². The Labute approximate surface area is 143 Å². The summed E-state index contributed by atoms with van der Waals surface area (Å²) in [5, 5.41) is 13.5. The molecule has 1 atom stereocenters. The van der Waals surface area contributed by atoms with Crippen molar-refractivity contribution in [1.82, 2.24) is 5.32 Å². The van der Waals surface area contributed by atoms with Gasteiger partial charge in [-0.3, -0.25) is 0 Å². The molecule has 0 radical (unpaired) electrons. The highest BCUT2D eigenvalue weighted by Crippen LogP contribution is 2.21. The van der Waals surface area contributed by atoms with E-state index < -0.39 is 6.10 Å². The minimum Gasteiger partial charge on any atom is -0.497 e. The highest BCUT2D eigenvalue weighted by molar-refractivity contribution is 5.33. The summed E-state index contributed by atoms with van der Waals surface area (Å²) in [5.41, 5.74) is 3.91. The Balaban J connectivity index is 1.34. The number of ether oxygens (including phenoxy) is 2. The molecule has 2 N–H and O–H groups in total. The second-order valence-electron chi connectivity index (χ2n) is 6.30. The van der Waals surface area contributed by atoms with E-state index in [-0.39, 0.29) is 0 Å². The first-order valence-electron chi connectivity index (χ1n) is 8.43. The van der Waals surface area contributed by atoms with E-state index in [1.54, 1.807) is 7.11 Å². The molecule has 0 bridgehead atoms. The van der Waals surface area contributed by atoms with Crippen molar-refractivity contribution in [2.24, 2.45) is 0 Å². The molecule has 0 amide bonds. The molecule has 1 unspecified atom stereocenters. The van der Waals surface area contributed by atoms with Gasteiger partial charge >= 0.3 is 0 Å². The van der Waals surface area contributed by atoms with E-state index in [2.05, 4.69) is 29.6 Å². The van der Waals surface area contributed by atoms with Gasteiger partial charge in [-0.05, 0) is 41.7 Å². The van der Waals surface area contributed by atoms with Crippen LogP contribution in [-0.2, 0) is 24.2 Å². The van der Waals surface area contributed by atoms with Gasteiger partial charge in [-0.25, -0.2) is 0 Å². The number of methoxy groups -OCH3 is 1. The molecule has 1 aliphatic rings. The second-order valence-corrected chi connectivity index (χ2v) is 6.30. The van der Waals surface area contributed by atoms with Crippen molar-refractivity contribution >= 4 is 0 Å². The van der Waals surface area contributed by atoms with Crippen molar-refractivity contribution in [1.29, 1.82) is 0 Å². The molecule has 0 aliphatic heterocycles. The molecule has 0 fully saturated rings. The molecule has 0 saturated heterocycles. The largest absolute Gasteiger partial charge is 0.497 e. The summed E-state index contributed by atoms with van der Waals surface area (Å²) in [6.07, 6.45) is 1.58. The van der Waals surface area contributed by atoms with E-state index in [4.69, 9.17) is 9.47 Å². The molecular formula is C20H25NO3. The van der Waals surface area contributed by atoms with Crippen molar-refractivity contribution in [2.45, 2.75) is 31.6 Å². The lowest BCUT2D eigenvalue weighted by molar-refractivity contribution is 0.0277. The zero-order valence-corrected chi connectivity index (χ0v) is 14.1. The first-order chi connectivity index (χ1) is 11.7. The minimum atomic E-state index is -0.494. The van der Waals surface area contributed by atoms with E-state index >= 15 is 0 Å². The zero-order valence-electron chi connectivity index (χ0n) is 14.1. The molecule has 2 aromatic rings. The number of hydrogen-bond acceptors (Lipinski definition) is 4. The number of fused-ring (bicyclic) bond motifs is 1. The Hall–Kier alpha value is -1.88. The third-order valence-electron chi connectivity index (χ3n) is 4.43. The van der Waals surface area contributed by atoms with Crippen LogP contribution in [0.5, 0.6) is 5.75 Å². The number of hydrogen-bond donors (Lipinski definition) is 2. The molecule has 4 nitrogen and oxygen atoms in total. The zero-order chi connectivity index (χ0) is 16.8. The molecule has 0 aromatic heterocycles. The van der Waals surface area contributed by atoms with E-state index in [1.165, 1.54) is 11.1 Å². The van der Waals surface area contributed by atoms with Crippen molar-refractivity contribution < 1.29 is 14.6 Å². The number of benzene rings is 2. The van der Waals surface area contributed by atoms with Crippen molar-refractivity contribution in [3.05, 3.63) is 65.2 Å². The van der Waals surface area contributed by atoms with Gasteiger partial charge in [0.25, 0.3) is 0 Å². The van der Waals surface area contributed by atoms with Crippen LogP contribution >= 0.6 is 0 Å². The summed E-state index contributed by atoms with van der Waals surface area (Å²) in [6, 6.07) is 16.7. The second kappa shape index (κ2) is 8.29. The van der Waals surface area contributed by atoms with E-state index in [0.29, 0.717) is 25.8 Å². The maximum absolute atomic E-state index is 10.1. The maximum Gasteiger partial charge on any atom is 0.118 e. The third kappa shape index (κ3) is 4.57. The lowest BCUT2D eigenvalue weighted by Crippen LogP contribution is -2.37. The summed E-state index contributed by atoms with van der Waals surface area (Å²) >= 11 is 0. The van der Waals surface area contributed by atoms with Gasteiger partial charge in [-0.15, -0.1) is 0 Å². The van der Waals surface area contributed by atoms with E-state index in [9.17, 15) is 5.11 Å². The number of aliphatic hydroxyl groups is 1. The first-order valence-corrected chi connectivity index (χ1v) is 8.43. The normalized spacial score (nSPS) is 15.2. The van der Waals surface area contributed by atoms with Crippen molar-refractivity contribution in [2.75, 3.05) is 20.3 Å². The standard InChI is InChI=1S/C20H25NO3/c1-23-20-8-6-15(7-9-20)13-24-14-19(22)12-21-18-10-16-4-2-3-5-17(16)11-18/h2-9,18-19,21-22H,10-14H2,1H3. The van der Waals surface area contributed by atoms with Crippen LogP contribution in [0.1, 0.15) is 16.7 Å².